The van der Waals surface area contributed by atoms with Crippen LogP contribution in [0.5, 0.6) is 5.75 Å². The smallest absolute Gasteiger partial charge is 0.156 e. The summed E-state index contributed by atoms with van der Waals surface area (Å²) in [6.07, 6.45) is 0. The molecular weight excluding hydrogens is 413 g/mol. The lowest BCUT2D eigenvalue weighted by atomic mass is 10.3. The molecule has 1 heterocycles. The highest BCUT2D eigenvalue weighted by molar-refractivity contribution is 9.10. The normalized spacial score (nSPS) is 10.6. The van der Waals surface area contributed by atoms with E-state index in [1.807, 2.05) is 12.1 Å². The number of hydrogen-bond donors (Lipinski definition) is 1. The Hall–Kier alpha value is -0.230. The SMILES string of the molecule is COc1c(Br)cc(Cl)cc1NCc1cc(Br)c(C)s1. The fourth-order valence-corrected chi connectivity index (χ4v) is 4.20. The van der Waals surface area contributed by atoms with E-state index < -0.39 is 0 Å². The Morgan fingerprint density at radius 3 is 2.58 bits per heavy atom. The molecule has 1 N–H and O–H groups in total. The van der Waals surface area contributed by atoms with Crippen molar-refractivity contribution >= 4 is 60.5 Å². The first-order chi connectivity index (χ1) is 9.01. The summed E-state index contributed by atoms with van der Waals surface area (Å²) >= 11 is 14.8. The van der Waals surface area contributed by atoms with Gasteiger partial charge < -0.3 is 10.1 Å². The Labute approximate surface area is 138 Å². The zero-order valence-electron chi connectivity index (χ0n) is 10.4. The van der Waals surface area contributed by atoms with E-state index in [0.717, 1.165) is 26.9 Å². The summed E-state index contributed by atoms with van der Waals surface area (Å²) in [4.78, 5) is 2.53. The van der Waals surface area contributed by atoms with Crippen molar-refractivity contribution in [2.24, 2.45) is 0 Å². The van der Waals surface area contributed by atoms with Crippen LogP contribution in [0.25, 0.3) is 0 Å². The third kappa shape index (κ3) is 3.66. The molecule has 1 aromatic carbocycles. The van der Waals surface area contributed by atoms with E-state index in [2.05, 4.69) is 50.2 Å². The minimum atomic E-state index is 0.665. The van der Waals surface area contributed by atoms with Gasteiger partial charge in [-0.05, 0) is 57.0 Å². The third-order valence-corrected chi connectivity index (χ3v) is 5.52. The molecule has 0 atom stereocenters. The Bertz CT molecular complexity index is 581. The van der Waals surface area contributed by atoms with Crippen molar-refractivity contribution in [2.75, 3.05) is 12.4 Å². The van der Waals surface area contributed by atoms with Gasteiger partial charge in [0.2, 0.25) is 0 Å². The van der Waals surface area contributed by atoms with E-state index in [9.17, 15) is 0 Å². The number of hydrogen-bond acceptors (Lipinski definition) is 3. The molecule has 0 radical (unpaired) electrons. The van der Waals surface area contributed by atoms with Crippen LogP contribution in [0.2, 0.25) is 5.02 Å². The van der Waals surface area contributed by atoms with Gasteiger partial charge >= 0.3 is 0 Å². The minimum Gasteiger partial charge on any atom is -0.493 e. The van der Waals surface area contributed by atoms with Crippen LogP contribution in [-0.4, -0.2) is 7.11 Å². The zero-order valence-corrected chi connectivity index (χ0v) is 15.1. The summed E-state index contributed by atoms with van der Waals surface area (Å²) in [5, 5.41) is 4.02. The summed E-state index contributed by atoms with van der Waals surface area (Å²) in [6.45, 7) is 2.83. The van der Waals surface area contributed by atoms with Gasteiger partial charge in [0.1, 0.15) is 0 Å². The molecule has 0 fully saturated rings. The molecule has 0 aliphatic heterocycles. The molecule has 0 unspecified atom stereocenters. The van der Waals surface area contributed by atoms with Crippen molar-refractivity contribution in [3.8, 4) is 5.75 Å². The number of rotatable bonds is 4. The van der Waals surface area contributed by atoms with E-state index in [1.54, 1.807) is 18.4 Å². The van der Waals surface area contributed by atoms with Gasteiger partial charge in [-0.3, -0.25) is 0 Å². The highest BCUT2D eigenvalue weighted by Gasteiger charge is 2.10. The van der Waals surface area contributed by atoms with Crippen LogP contribution < -0.4 is 10.1 Å². The standard InChI is InChI=1S/C13H12Br2ClNOS/c1-7-10(14)5-9(19-7)6-17-12-4-8(16)3-11(15)13(12)18-2/h3-5,17H,6H2,1-2H3. The second kappa shape index (κ2) is 6.48. The molecule has 19 heavy (non-hydrogen) atoms. The van der Waals surface area contributed by atoms with Crippen LogP contribution in [0.3, 0.4) is 0 Å². The van der Waals surface area contributed by atoms with Crippen molar-refractivity contribution in [1.82, 2.24) is 0 Å². The first-order valence-electron chi connectivity index (χ1n) is 5.53. The first-order valence-corrected chi connectivity index (χ1v) is 8.31. The Morgan fingerprint density at radius 1 is 1.26 bits per heavy atom. The fourth-order valence-electron chi connectivity index (χ4n) is 1.69. The molecule has 0 saturated heterocycles. The van der Waals surface area contributed by atoms with E-state index in [-0.39, 0.29) is 0 Å². The molecule has 6 heteroatoms. The number of nitrogens with one attached hydrogen (secondary N) is 1. The monoisotopic (exact) mass is 423 g/mol. The molecule has 0 bridgehead atoms. The fraction of sp³-hybridized carbons (Fsp3) is 0.231. The van der Waals surface area contributed by atoms with E-state index >= 15 is 0 Å². The quantitative estimate of drug-likeness (QED) is 0.663. The van der Waals surface area contributed by atoms with Gasteiger partial charge in [-0.15, -0.1) is 11.3 Å². The number of thiophene rings is 1. The zero-order chi connectivity index (χ0) is 14.0. The molecule has 1 aromatic heterocycles. The van der Waals surface area contributed by atoms with Crippen LogP contribution in [0, 0.1) is 6.92 Å². The number of aryl methyl sites for hydroxylation is 1. The van der Waals surface area contributed by atoms with E-state index in [4.69, 9.17) is 16.3 Å². The van der Waals surface area contributed by atoms with Crippen LogP contribution in [0.15, 0.2) is 27.1 Å². The van der Waals surface area contributed by atoms with Crippen molar-refractivity contribution in [2.45, 2.75) is 13.5 Å². The van der Waals surface area contributed by atoms with Crippen LogP contribution in [0.1, 0.15) is 9.75 Å². The van der Waals surface area contributed by atoms with Gasteiger partial charge in [-0.2, -0.15) is 0 Å². The number of anilines is 1. The molecule has 0 aliphatic rings. The van der Waals surface area contributed by atoms with Crippen molar-refractivity contribution in [3.05, 3.63) is 41.9 Å². The molecular formula is C13H12Br2ClNOS. The maximum atomic E-state index is 6.06. The second-order valence-corrected chi connectivity index (χ2v) is 7.42. The Kier molecular flexibility index (Phi) is 5.17. The molecule has 0 saturated carbocycles. The minimum absolute atomic E-state index is 0.665. The van der Waals surface area contributed by atoms with E-state index in [0.29, 0.717) is 5.02 Å². The third-order valence-electron chi connectivity index (χ3n) is 2.57. The highest BCUT2D eigenvalue weighted by atomic mass is 79.9. The largest absolute Gasteiger partial charge is 0.493 e. The van der Waals surface area contributed by atoms with Crippen LogP contribution >= 0.6 is 54.8 Å². The summed E-state index contributed by atoms with van der Waals surface area (Å²) in [7, 11) is 1.64. The molecule has 2 aromatic rings. The van der Waals surface area contributed by atoms with E-state index in [1.165, 1.54) is 9.75 Å². The van der Waals surface area contributed by atoms with Gasteiger partial charge in [0, 0.05) is 25.8 Å². The van der Waals surface area contributed by atoms with Gasteiger partial charge in [-0.1, -0.05) is 11.6 Å². The molecule has 0 spiro atoms. The number of methoxy groups -OCH3 is 1. The highest BCUT2D eigenvalue weighted by Crippen LogP contribution is 2.37. The average Bonchev–Trinajstić information content (AvgIpc) is 2.65. The predicted molar refractivity (Wildman–Crippen MR) is 89.8 cm³/mol. The summed E-state index contributed by atoms with van der Waals surface area (Å²) < 4.78 is 7.36. The average molecular weight is 426 g/mol. The first kappa shape index (κ1) is 15.2. The van der Waals surface area contributed by atoms with Gasteiger partial charge in [-0.25, -0.2) is 0 Å². The van der Waals surface area contributed by atoms with Crippen LogP contribution in [0.4, 0.5) is 5.69 Å². The lowest BCUT2D eigenvalue weighted by Gasteiger charge is -2.12. The second-order valence-electron chi connectivity index (χ2n) is 3.94. The Morgan fingerprint density at radius 2 is 2.00 bits per heavy atom. The maximum Gasteiger partial charge on any atom is 0.156 e. The summed E-state index contributed by atoms with van der Waals surface area (Å²) in [5.74, 6) is 0.761. The Balaban J connectivity index is 2.19. The molecule has 0 amide bonds. The van der Waals surface area contributed by atoms with Crippen molar-refractivity contribution in [3.63, 3.8) is 0 Å². The van der Waals surface area contributed by atoms with Crippen molar-refractivity contribution < 1.29 is 4.74 Å². The number of benzene rings is 1. The molecule has 102 valence electrons. The number of ether oxygens (including phenoxy) is 1. The number of halogens is 3. The van der Waals surface area contributed by atoms with Crippen molar-refractivity contribution in [1.29, 1.82) is 0 Å². The van der Waals surface area contributed by atoms with Crippen LogP contribution in [-0.2, 0) is 6.54 Å². The summed E-state index contributed by atoms with van der Waals surface area (Å²) in [5.41, 5.74) is 0.879. The van der Waals surface area contributed by atoms with Gasteiger partial charge in [0.15, 0.2) is 5.75 Å². The van der Waals surface area contributed by atoms with Gasteiger partial charge in [0.25, 0.3) is 0 Å². The van der Waals surface area contributed by atoms with Gasteiger partial charge in [0.05, 0.1) is 17.3 Å². The lowest BCUT2D eigenvalue weighted by Crippen LogP contribution is -2.00. The molecule has 2 nitrogen and oxygen atoms in total. The predicted octanol–water partition coefficient (Wildman–Crippen LogP) is 5.86. The molecule has 0 aliphatic carbocycles. The lowest BCUT2D eigenvalue weighted by molar-refractivity contribution is 0.414. The topological polar surface area (TPSA) is 21.3 Å². The molecule has 2 rings (SSSR count). The maximum absolute atomic E-state index is 6.06. The summed E-state index contributed by atoms with van der Waals surface area (Å²) in [6, 6.07) is 5.80.